The number of hydrogen-bond acceptors (Lipinski definition) is 4. The monoisotopic (exact) mass is 438 g/mol. The molecule has 7 heteroatoms. The molecule has 2 N–H and O–H groups in total. The lowest BCUT2D eigenvalue weighted by Gasteiger charge is -2.12. The summed E-state index contributed by atoms with van der Waals surface area (Å²) >= 11 is 5.90. The second kappa shape index (κ2) is 11.0. The molecule has 6 nitrogen and oxygen atoms in total. The van der Waals surface area contributed by atoms with Gasteiger partial charge in [0.2, 0.25) is 0 Å². The Hall–Kier alpha value is -3.51. The normalized spacial score (nSPS) is 10.3. The van der Waals surface area contributed by atoms with E-state index in [-0.39, 0.29) is 18.4 Å². The SMILES string of the molecule is COc1ccc(C(=O)NCCNC(=O)c2ccccc2OCc2ccc(Cl)cc2)cc1. The van der Waals surface area contributed by atoms with Crippen LogP contribution in [0.1, 0.15) is 26.3 Å². The Bertz CT molecular complexity index is 1020. The van der Waals surface area contributed by atoms with E-state index in [1.165, 1.54) is 0 Å². The highest BCUT2D eigenvalue weighted by atomic mass is 35.5. The van der Waals surface area contributed by atoms with Crippen molar-refractivity contribution in [2.45, 2.75) is 6.61 Å². The zero-order valence-corrected chi connectivity index (χ0v) is 17.8. The van der Waals surface area contributed by atoms with E-state index >= 15 is 0 Å². The van der Waals surface area contributed by atoms with Gasteiger partial charge < -0.3 is 20.1 Å². The number of halogens is 1. The summed E-state index contributed by atoms with van der Waals surface area (Å²) in [6, 6.07) is 21.2. The molecular weight excluding hydrogens is 416 g/mol. The molecule has 3 aromatic carbocycles. The first kappa shape index (κ1) is 22.2. The van der Waals surface area contributed by atoms with Crippen LogP contribution in [0.25, 0.3) is 0 Å². The second-order valence-corrected chi connectivity index (χ2v) is 7.09. The maximum Gasteiger partial charge on any atom is 0.255 e. The van der Waals surface area contributed by atoms with Crippen molar-refractivity contribution in [1.82, 2.24) is 10.6 Å². The van der Waals surface area contributed by atoms with Crippen LogP contribution in [0.3, 0.4) is 0 Å². The predicted octanol–water partition coefficient (Wildman–Crippen LogP) is 4.09. The van der Waals surface area contributed by atoms with Gasteiger partial charge in [0.15, 0.2) is 0 Å². The van der Waals surface area contributed by atoms with E-state index in [0.717, 1.165) is 5.56 Å². The van der Waals surface area contributed by atoms with Gasteiger partial charge >= 0.3 is 0 Å². The zero-order chi connectivity index (χ0) is 22.1. The molecule has 0 bridgehead atoms. The third-order valence-corrected chi connectivity index (χ3v) is 4.74. The molecule has 0 aliphatic rings. The van der Waals surface area contributed by atoms with Gasteiger partial charge in [-0.15, -0.1) is 0 Å². The molecule has 0 radical (unpaired) electrons. The van der Waals surface area contributed by atoms with Gasteiger partial charge in [0.25, 0.3) is 11.8 Å². The highest BCUT2D eigenvalue weighted by Crippen LogP contribution is 2.20. The van der Waals surface area contributed by atoms with E-state index < -0.39 is 0 Å². The number of para-hydroxylation sites is 1. The number of nitrogens with one attached hydrogen (secondary N) is 2. The number of carbonyl (C=O) groups excluding carboxylic acids is 2. The second-order valence-electron chi connectivity index (χ2n) is 6.65. The maximum atomic E-state index is 12.6. The minimum absolute atomic E-state index is 0.219. The lowest BCUT2D eigenvalue weighted by molar-refractivity contribution is 0.0925. The number of benzene rings is 3. The Morgan fingerprint density at radius 2 is 1.48 bits per heavy atom. The number of carbonyl (C=O) groups is 2. The standard InChI is InChI=1S/C24H23ClN2O4/c1-30-20-12-8-18(9-13-20)23(28)26-14-15-27-24(29)21-4-2-3-5-22(21)31-16-17-6-10-19(25)11-7-17/h2-13H,14-16H2,1H3,(H,26,28)(H,27,29). The molecule has 0 fully saturated rings. The molecule has 0 spiro atoms. The van der Waals surface area contributed by atoms with Crippen LogP contribution in [0.15, 0.2) is 72.8 Å². The van der Waals surface area contributed by atoms with E-state index in [9.17, 15) is 9.59 Å². The highest BCUT2D eigenvalue weighted by Gasteiger charge is 2.12. The summed E-state index contributed by atoms with van der Waals surface area (Å²) in [4.78, 5) is 24.7. The molecule has 160 valence electrons. The summed E-state index contributed by atoms with van der Waals surface area (Å²) in [5.74, 6) is 0.673. The molecule has 0 saturated heterocycles. The topological polar surface area (TPSA) is 76.7 Å². The van der Waals surface area contributed by atoms with Gasteiger partial charge in [0, 0.05) is 23.7 Å². The van der Waals surface area contributed by atoms with Crippen LogP contribution in [-0.4, -0.2) is 32.0 Å². The molecule has 0 unspecified atom stereocenters. The fraction of sp³-hybridized carbons (Fsp3) is 0.167. The van der Waals surface area contributed by atoms with E-state index in [1.807, 2.05) is 18.2 Å². The Morgan fingerprint density at radius 3 is 2.16 bits per heavy atom. The lowest BCUT2D eigenvalue weighted by Crippen LogP contribution is -2.34. The number of amides is 2. The smallest absolute Gasteiger partial charge is 0.255 e. The van der Waals surface area contributed by atoms with Crippen molar-refractivity contribution >= 4 is 23.4 Å². The summed E-state index contributed by atoms with van der Waals surface area (Å²) < 4.78 is 10.9. The van der Waals surface area contributed by atoms with Gasteiger partial charge in [-0.3, -0.25) is 9.59 Å². The summed E-state index contributed by atoms with van der Waals surface area (Å²) in [5, 5.41) is 6.23. The number of rotatable bonds is 9. The fourth-order valence-corrected chi connectivity index (χ4v) is 2.94. The van der Waals surface area contributed by atoms with Crippen molar-refractivity contribution in [3.05, 3.63) is 94.5 Å². The molecule has 0 heterocycles. The van der Waals surface area contributed by atoms with E-state index in [2.05, 4.69) is 10.6 Å². The average Bonchev–Trinajstić information content (AvgIpc) is 2.81. The molecule has 2 amide bonds. The molecule has 0 atom stereocenters. The van der Waals surface area contributed by atoms with Crippen molar-refractivity contribution in [2.75, 3.05) is 20.2 Å². The Balaban J connectivity index is 1.48. The molecule has 0 aliphatic carbocycles. The van der Waals surface area contributed by atoms with Crippen LogP contribution in [0, 0.1) is 0 Å². The van der Waals surface area contributed by atoms with Crippen molar-refractivity contribution in [1.29, 1.82) is 0 Å². The third-order valence-electron chi connectivity index (χ3n) is 4.49. The van der Waals surface area contributed by atoms with Crippen LogP contribution in [0.2, 0.25) is 5.02 Å². The van der Waals surface area contributed by atoms with Gasteiger partial charge in [-0.05, 0) is 54.1 Å². The lowest BCUT2D eigenvalue weighted by atomic mass is 10.2. The largest absolute Gasteiger partial charge is 0.497 e. The third kappa shape index (κ3) is 6.49. The van der Waals surface area contributed by atoms with Crippen molar-refractivity contribution in [3.8, 4) is 11.5 Å². The summed E-state index contributed by atoms with van der Waals surface area (Å²) in [6.45, 7) is 0.899. The molecular formula is C24H23ClN2O4. The van der Waals surface area contributed by atoms with Crippen molar-refractivity contribution in [2.24, 2.45) is 0 Å². The van der Waals surface area contributed by atoms with Crippen LogP contribution in [0.4, 0.5) is 0 Å². The number of hydrogen-bond donors (Lipinski definition) is 2. The Labute approximate surface area is 186 Å². The molecule has 0 saturated carbocycles. The van der Waals surface area contributed by atoms with Crippen LogP contribution in [-0.2, 0) is 6.61 Å². The summed E-state index contributed by atoms with van der Waals surface area (Å²) in [6.07, 6.45) is 0. The van der Waals surface area contributed by atoms with E-state index in [0.29, 0.717) is 40.8 Å². The van der Waals surface area contributed by atoms with Crippen LogP contribution in [0.5, 0.6) is 11.5 Å². The highest BCUT2D eigenvalue weighted by molar-refractivity contribution is 6.30. The van der Waals surface area contributed by atoms with Gasteiger partial charge in [-0.1, -0.05) is 35.9 Å². The predicted molar refractivity (Wildman–Crippen MR) is 120 cm³/mol. The molecule has 31 heavy (non-hydrogen) atoms. The van der Waals surface area contributed by atoms with Crippen LogP contribution < -0.4 is 20.1 Å². The zero-order valence-electron chi connectivity index (χ0n) is 17.1. The Morgan fingerprint density at radius 1 is 0.839 bits per heavy atom. The number of ether oxygens (including phenoxy) is 2. The minimum Gasteiger partial charge on any atom is -0.497 e. The van der Waals surface area contributed by atoms with Gasteiger partial charge in [0.05, 0.1) is 12.7 Å². The minimum atomic E-state index is -0.273. The van der Waals surface area contributed by atoms with E-state index in [4.69, 9.17) is 21.1 Å². The number of methoxy groups -OCH3 is 1. The first-order valence-corrected chi connectivity index (χ1v) is 10.1. The first-order chi connectivity index (χ1) is 15.1. The average molecular weight is 439 g/mol. The van der Waals surface area contributed by atoms with Gasteiger partial charge in [-0.2, -0.15) is 0 Å². The van der Waals surface area contributed by atoms with Crippen LogP contribution >= 0.6 is 11.6 Å². The first-order valence-electron chi connectivity index (χ1n) is 9.73. The summed E-state index contributed by atoms with van der Waals surface area (Å²) in [5.41, 5.74) is 1.90. The summed E-state index contributed by atoms with van der Waals surface area (Å²) in [7, 11) is 1.57. The van der Waals surface area contributed by atoms with Crippen molar-refractivity contribution in [3.63, 3.8) is 0 Å². The van der Waals surface area contributed by atoms with Gasteiger partial charge in [-0.25, -0.2) is 0 Å². The van der Waals surface area contributed by atoms with Crippen molar-refractivity contribution < 1.29 is 19.1 Å². The molecule has 3 rings (SSSR count). The quantitative estimate of drug-likeness (QED) is 0.493. The Kier molecular flexibility index (Phi) is 7.90. The molecule has 0 aliphatic heterocycles. The van der Waals surface area contributed by atoms with Gasteiger partial charge in [0.1, 0.15) is 18.1 Å². The van der Waals surface area contributed by atoms with E-state index in [1.54, 1.807) is 61.7 Å². The molecule has 0 aromatic heterocycles. The fourth-order valence-electron chi connectivity index (χ4n) is 2.81. The molecule has 3 aromatic rings. The maximum absolute atomic E-state index is 12.6.